The molecule has 0 aliphatic carbocycles. The molecular weight excluding hydrogens is 496 g/mol. The summed E-state index contributed by atoms with van der Waals surface area (Å²) in [5.74, 6) is -1.16. The first-order valence-electron chi connectivity index (χ1n) is 12.8. The van der Waals surface area contributed by atoms with Crippen molar-refractivity contribution in [2.75, 3.05) is 31.6 Å². The second-order valence-electron chi connectivity index (χ2n) is 9.05. The zero-order valence-corrected chi connectivity index (χ0v) is 21.5. The minimum Gasteiger partial charge on any atom is -0.505 e. The number of aromatic nitrogens is 1. The summed E-state index contributed by atoms with van der Waals surface area (Å²) in [7, 11) is 0. The lowest BCUT2D eigenvalue weighted by molar-refractivity contribution is 0.0301. The maximum Gasteiger partial charge on any atom is 0.257 e. The Kier molecular flexibility index (Phi) is 7.51. The van der Waals surface area contributed by atoms with Gasteiger partial charge in [-0.1, -0.05) is 61.5 Å². The fourth-order valence-corrected chi connectivity index (χ4v) is 4.58. The van der Waals surface area contributed by atoms with E-state index in [1.54, 1.807) is 47.4 Å². The predicted molar refractivity (Wildman–Crippen MR) is 150 cm³/mol. The smallest absolute Gasteiger partial charge is 0.257 e. The van der Waals surface area contributed by atoms with Crippen molar-refractivity contribution < 1.29 is 24.9 Å². The number of phenols is 1. The molecule has 1 saturated heterocycles. The molecule has 0 saturated carbocycles. The van der Waals surface area contributed by atoms with Crippen LogP contribution >= 0.6 is 0 Å². The zero-order chi connectivity index (χ0) is 27.4. The molecule has 1 fully saturated rings. The van der Waals surface area contributed by atoms with E-state index >= 15 is 0 Å². The minimum atomic E-state index is -0.316. The Balaban J connectivity index is 1.61. The number of benzene rings is 3. The first kappa shape index (κ1) is 25.9. The second kappa shape index (κ2) is 11.3. The van der Waals surface area contributed by atoms with E-state index in [1.807, 2.05) is 43.3 Å². The van der Waals surface area contributed by atoms with Crippen LogP contribution in [0.15, 0.2) is 83.9 Å². The van der Waals surface area contributed by atoms with Crippen LogP contribution in [-0.2, 0) is 4.74 Å². The van der Waals surface area contributed by atoms with Gasteiger partial charge in [0.1, 0.15) is 5.69 Å². The molecule has 0 atom stereocenters. The van der Waals surface area contributed by atoms with E-state index in [0.717, 1.165) is 5.56 Å². The van der Waals surface area contributed by atoms with Crippen LogP contribution in [0.5, 0.6) is 17.5 Å². The number of nitrogens with one attached hydrogen (secondary N) is 1. The molecule has 1 aliphatic heterocycles. The number of amides is 1. The van der Waals surface area contributed by atoms with Crippen LogP contribution in [0.2, 0.25) is 0 Å². The third-order valence-electron chi connectivity index (χ3n) is 6.62. The number of morpholine rings is 1. The van der Waals surface area contributed by atoms with E-state index in [-0.39, 0.29) is 46.0 Å². The zero-order valence-electron chi connectivity index (χ0n) is 21.5. The van der Waals surface area contributed by atoms with Gasteiger partial charge in [0.25, 0.3) is 5.91 Å². The molecule has 39 heavy (non-hydrogen) atoms. The van der Waals surface area contributed by atoms with Gasteiger partial charge in [-0.05, 0) is 36.2 Å². The summed E-state index contributed by atoms with van der Waals surface area (Å²) in [4.78, 5) is 19.5. The van der Waals surface area contributed by atoms with Gasteiger partial charge in [-0.2, -0.15) is 0 Å². The van der Waals surface area contributed by atoms with Crippen molar-refractivity contribution in [1.29, 1.82) is 0 Å². The molecule has 4 N–H and O–H groups in total. The number of rotatable bonds is 7. The maximum atomic E-state index is 13.1. The summed E-state index contributed by atoms with van der Waals surface area (Å²) in [6, 6.07) is 23.2. The van der Waals surface area contributed by atoms with Crippen molar-refractivity contribution in [3.05, 3.63) is 90.0 Å². The minimum absolute atomic E-state index is 0.0875. The number of aliphatic imine (C=N–C) groups is 1. The van der Waals surface area contributed by atoms with Crippen molar-refractivity contribution in [2.24, 2.45) is 4.99 Å². The highest BCUT2D eigenvalue weighted by molar-refractivity contribution is 6.04. The van der Waals surface area contributed by atoms with Gasteiger partial charge in [0.2, 0.25) is 11.8 Å². The van der Waals surface area contributed by atoms with E-state index in [0.29, 0.717) is 44.1 Å². The third-order valence-corrected chi connectivity index (χ3v) is 6.62. The van der Waals surface area contributed by atoms with Gasteiger partial charge < -0.3 is 30.3 Å². The Morgan fingerprint density at radius 2 is 1.56 bits per heavy atom. The van der Waals surface area contributed by atoms with Gasteiger partial charge in [0.05, 0.1) is 30.2 Å². The van der Waals surface area contributed by atoms with Crippen molar-refractivity contribution in [3.63, 3.8) is 0 Å². The number of hydrogen-bond acceptors (Lipinski definition) is 7. The van der Waals surface area contributed by atoms with Crippen LogP contribution in [0.4, 0.5) is 17.1 Å². The SMILES string of the molecule is CCC(=Nc1c(Nc2cccc(C(=O)N3CCOCC3)c2O)c(O)n(-c2ccccc2)c1O)c1ccccc1. The lowest BCUT2D eigenvalue weighted by Crippen LogP contribution is -2.40. The molecule has 9 heteroatoms. The first-order chi connectivity index (χ1) is 19.0. The third kappa shape index (κ3) is 5.17. The van der Waals surface area contributed by atoms with Crippen LogP contribution in [0, 0.1) is 0 Å². The Morgan fingerprint density at radius 1 is 0.897 bits per heavy atom. The van der Waals surface area contributed by atoms with Crippen molar-refractivity contribution in [1.82, 2.24) is 9.47 Å². The number of carbonyl (C=O) groups excluding carboxylic acids is 1. The summed E-state index contributed by atoms with van der Waals surface area (Å²) in [6.45, 7) is 3.70. The molecule has 0 bridgehead atoms. The molecule has 0 spiro atoms. The topological polar surface area (TPSA) is 120 Å². The Bertz CT molecular complexity index is 1490. The lowest BCUT2D eigenvalue weighted by atomic mass is 10.1. The van der Waals surface area contributed by atoms with E-state index in [2.05, 4.69) is 5.32 Å². The summed E-state index contributed by atoms with van der Waals surface area (Å²) in [6.07, 6.45) is 0.564. The van der Waals surface area contributed by atoms with E-state index in [4.69, 9.17) is 9.73 Å². The molecule has 1 amide bonds. The standard InChI is InChI=1S/C30H30N4O5/c1-2-23(20-10-5-3-6-11-20)31-25-26(30(38)34(29(25)37)21-12-7-4-8-13-21)32-24-15-9-14-22(27(24)35)28(36)33-16-18-39-19-17-33/h3-15,32,35,37-38H,2,16-19H2,1H3. The summed E-state index contributed by atoms with van der Waals surface area (Å²) < 4.78 is 6.61. The molecule has 1 aromatic heterocycles. The predicted octanol–water partition coefficient (Wildman–Crippen LogP) is 5.34. The molecule has 200 valence electrons. The molecule has 5 rings (SSSR count). The van der Waals surface area contributed by atoms with Crippen LogP contribution in [0.3, 0.4) is 0 Å². The Morgan fingerprint density at radius 3 is 2.23 bits per heavy atom. The highest BCUT2D eigenvalue weighted by Gasteiger charge is 2.27. The number of nitrogens with zero attached hydrogens (tertiary/aromatic N) is 3. The fourth-order valence-electron chi connectivity index (χ4n) is 4.58. The molecule has 2 heterocycles. The van der Waals surface area contributed by atoms with E-state index < -0.39 is 0 Å². The van der Waals surface area contributed by atoms with Gasteiger partial charge in [0.15, 0.2) is 11.4 Å². The molecule has 3 aromatic carbocycles. The van der Waals surface area contributed by atoms with Crippen LogP contribution < -0.4 is 5.32 Å². The molecule has 0 unspecified atom stereocenters. The highest BCUT2D eigenvalue weighted by Crippen LogP contribution is 2.49. The molecule has 9 nitrogen and oxygen atoms in total. The average molecular weight is 527 g/mol. The lowest BCUT2D eigenvalue weighted by Gasteiger charge is -2.27. The van der Waals surface area contributed by atoms with Gasteiger partial charge >= 0.3 is 0 Å². The van der Waals surface area contributed by atoms with Crippen molar-refractivity contribution in [3.8, 4) is 23.2 Å². The number of para-hydroxylation sites is 2. The van der Waals surface area contributed by atoms with Crippen molar-refractivity contribution >= 4 is 28.7 Å². The largest absolute Gasteiger partial charge is 0.505 e. The summed E-state index contributed by atoms with van der Waals surface area (Å²) >= 11 is 0. The monoisotopic (exact) mass is 526 g/mol. The van der Waals surface area contributed by atoms with Gasteiger partial charge in [-0.15, -0.1) is 0 Å². The number of hydrogen-bond donors (Lipinski definition) is 4. The van der Waals surface area contributed by atoms with Crippen LogP contribution in [0.1, 0.15) is 29.3 Å². The first-order valence-corrected chi connectivity index (χ1v) is 12.8. The Labute approximate surface area is 226 Å². The van der Waals surface area contributed by atoms with Crippen LogP contribution in [0.25, 0.3) is 5.69 Å². The number of aromatic hydroxyl groups is 3. The number of anilines is 2. The average Bonchev–Trinajstić information content (AvgIpc) is 3.21. The van der Waals surface area contributed by atoms with Gasteiger partial charge in [-0.3, -0.25) is 4.79 Å². The van der Waals surface area contributed by atoms with E-state index in [1.165, 1.54) is 4.57 Å². The van der Waals surface area contributed by atoms with Crippen molar-refractivity contribution in [2.45, 2.75) is 13.3 Å². The number of ether oxygens (including phenoxy) is 1. The maximum absolute atomic E-state index is 13.1. The number of phenolic OH excluding ortho intramolecular Hbond substituents is 1. The normalized spacial score (nSPS) is 13.9. The summed E-state index contributed by atoms with van der Waals surface area (Å²) in [5, 5.41) is 36.8. The van der Waals surface area contributed by atoms with Gasteiger partial charge in [-0.25, -0.2) is 9.56 Å². The summed E-state index contributed by atoms with van der Waals surface area (Å²) in [5.41, 5.74) is 2.58. The molecule has 1 aliphatic rings. The quantitative estimate of drug-likeness (QED) is 0.191. The molecular formula is C30H30N4O5. The highest BCUT2D eigenvalue weighted by atomic mass is 16.5. The Hall–Kier alpha value is -4.76. The molecule has 0 radical (unpaired) electrons. The van der Waals surface area contributed by atoms with E-state index in [9.17, 15) is 20.1 Å². The van der Waals surface area contributed by atoms with Gasteiger partial charge in [0, 0.05) is 18.8 Å². The second-order valence-corrected chi connectivity index (χ2v) is 9.05. The molecule has 4 aromatic rings. The number of carbonyl (C=O) groups is 1. The van der Waals surface area contributed by atoms with Crippen LogP contribution in [-0.4, -0.2) is 62.7 Å². The fraction of sp³-hybridized carbons (Fsp3) is 0.200.